The second-order valence-corrected chi connectivity index (χ2v) is 6.33. The third kappa shape index (κ3) is 8.37. The van der Waals surface area contributed by atoms with Gasteiger partial charge in [-0.2, -0.15) is 0 Å². The zero-order valence-electron chi connectivity index (χ0n) is 13.8. The molecule has 20 heavy (non-hydrogen) atoms. The second kappa shape index (κ2) is 10.9. The molecule has 0 aliphatic heterocycles. The minimum Gasteiger partial charge on any atom is -0.316 e. The summed E-state index contributed by atoms with van der Waals surface area (Å²) in [4.78, 5) is 0. The first-order valence-electron chi connectivity index (χ1n) is 8.51. The number of nitrogens with one attached hydrogen (secondary N) is 1. The summed E-state index contributed by atoms with van der Waals surface area (Å²) < 4.78 is 0. The van der Waals surface area contributed by atoms with E-state index in [1.165, 1.54) is 62.6 Å². The van der Waals surface area contributed by atoms with E-state index in [-0.39, 0.29) is 0 Å². The van der Waals surface area contributed by atoms with Crippen LogP contribution in [0.25, 0.3) is 0 Å². The highest BCUT2D eigenvalue weighted by molar-refractivity contribution is 5.22. The Kier molecular flexibility index (Phi) is 9.40. The van der Waals surface area contributed by atoms with Gasteiger partial charge < -0.3 is 5.32 Å². The molecule has 0 aromatic heterocycles. The summed E-state index contributed by atoms with van der Waals surface area (Å²) in [6.07, 6.45) is 9.02. The highest BCUT2D eigenvalue weighted by atomic mass is 14.8. The largest absolute Gasteiger partial charge is 0.316 e. The van der Waals surface area contributed by atoms with Gasteiger partial charge in [0.2, 0.25) is 0 Å². The van der Waals surface area contributed by atoms with Crippen molar-refractivity contribution in [1.82, 2.24) is 5.32 Å². The predicted octanol–water partition coefficient (Wildman–Crippen LogP) is 4.99. The van der Waals surface area contributed by atoms with E-state index >= 15 is 0 Å². The molecular formula is C19H33N. The molecule has 0 saturated carbocycles. The molecule has 1 aromatic carbocycles. The quantitative estimate of drug-likeness (QED) is 0.561. The van der Waals surface area contributed by atoms with Gasteiger partial charge in [0.25, 0.3) is 0 Å². The summed E-state index contributed by atoms with van der Waals surface area (Å²) in [5.41, 5.74) is 2.99. The van der Waals surface area contributed by atoms with E-state index in [0.717, 1.165) is 12.5 Å². The van der Waals surface area contributed by atoms with E-state index in [4.69, 9.17) is 0 Å². The average Bonchev–Trinajstić information content (AvgIpc) is 2.45. The fourth-order valence-corrected chi connectivity index (χ4v) is 2.40. The second-order valence-electron chi connectivity index (χ2n) is 6.33. The number of hydrogen-bond acceptors (Lipinski definition) is 1. The van der Waals surface area contributed by atoms with Crippen molar-refractivity contribution < 1.29 is 0 Å². The predicted molar refractivity (Wildman–Crippen MR) is 90.3 cm³/mol. The molecule has 0 unspecified atom stereocenters. The lowest BCUT2D eigenvalue weighted by molar-refractivity contribution is 0.530. The van der Waals surface area contributed by atoms with Crippen molar-refractivity contribution in [2.75, 3.05) is 13.1 Å². The molecule has 0 fully saturated rings. The van der Waals surface area contributed by atoms with Gasteiger partial charge in [0.15, 0.2) is 0 Å². The minimum atomic E-state index is 0.765. The van der Waals surface area contributed by atoms with Crippen molar-refractivity contribution in [2.24, 2.45) is 5.92 Å². The van der Waals surface area contributed by atoms with Crippen molar-refractivity contribution in [3.63, 3.8) is 0 Å². The highest BCUT2D eigenvalue weighted by Crippen LogP contribution is 2.10. The van der Waals surface area contributed by atoms with Crippen LogP contribution in [0.4, 0.5) is 0 Å². The SMILES string of the molecule is CCCCc1ccc(CCCCCNCC(C)C)cc1. The molecule has 114 valence electrons. The van der Waals surface area contributed by atoms with E-state index in [1.54, 1.807) is 0 Å². The third-order valence-corrected chi connectivity index (χ3v) is 3.71. The Bertz CT molecular complexity index is 326. The van der Waals surface area contributed by atoms with Crippen molar-refractivity contribution in [1.29, 1.82) is 0 Å². The highest BCUT2D eigenvalue weighted by Gasteiger charge is 1.97. The molecule has 1 nitrogen and oxygen atoms in total. The average molecular weight is 275 g/mol. The van der Waals surface area contributed by atoms with Gasteiger partial charge in [-0.05, 0) is 62.2 Å². The molecule has 0 aliphatic rings. The maximum absolute atomic E-state index is 3.51. The van der Waals surface area contributed by atoms with Crippen LogP contribution in [-0.2, 0) is 12.8 Å². The van der Waals surface area contributed by atoms with Crippen LogP contribution in [0.15, 0.2) is 24.3 Å². The summed E-state index contributed by atoms with van der Waals surface area (Å²) in [5.74, 6) is 0.765. The van der Waals surface area contributed by atoms with Crippen molar-refractivity contribution in [3.8, 4) is 0 Å². The summed E-state index contributed by atoms with van der Waals surface area (Å²) in [7, 11) is 0. The fraction of sp³-hybridized carbons (Fsp3) is 0.684. The van der Waals surface area contributed by atoms with Crippen LogP contribution in [0.1, 0.15) is 64.0 Å². The molecule has 1 heteroatoms. The van der Waals surface area contributed by atoms with Crippen LogP contribution < -0.4 is 5.32 Å². The van der Waals surface area contributed by atoms with E-state index < -0.39 is 0 Å². The number of aryl methyl sites for hydroxylation is 2. The maximum Gasteiger partial charge on any atom is -0.00258 e. The van der Waals surface area contributed by atoms with E-state index in [0.29, 0.717) is 0 Å². The lowest BCUT2D eigenvalue weighted by atomic mass is 10.0. The lowest BCUT2D eigenvalue weighted by Gasteiger charge is -2.07. The Morgan fingerprint density at radius 1 is 0.850 bits per heavy atom. The van der Waals surface area contributed by atoms with Gasteiger partial charge in [0, 0.05) is 0 Å². The van der Waals surface area contributed by atoms with Crippen molar-refractivity contribution in [2.45, 2.75) is 65.7 Å². The van der Waals surface area contributed by atoms with Crippen molar-refractivity contribution >= 4 is 0 Å². The standard InChI is InChI=1S/C19H33N/c1-4-5-9-18-11-13-19(14-12-18)10-7-6-8-15-20-16-17(2)3/h11-14,17,20H,4-10,15-16H2,1-3H3. The summed E-state index contributed by atoms with van der Waals surface area (Å²) in [6, 6.07) is 9.27. The molecule has 0 spiro atoms. The van der Waals surface area contributed by atoms with Gasteiger partial charge in [0.1, 0.15) is 0 Å². The van der Waals surface area contributed by atoms with Gasteiger partial charge in [-0.25, -0.2) is 0 Å². The molecule has 1 rings (SSSR count). The van der Waals surface area contributed by atoms with Gasteiger partial charge in [0.05, 0.1) is 0 Å². The van der Waals surface area contributed by atoms with Gasteiger partial charge in [-0.3, -0.25) is 0 Å². The summed E-state index contributed by atoms with van der Waals surface area (Å²) >= 11 is 0. The molecule has 0 saturated heterocycles. The zero-order valence-corrected chi connectivity index (χ0v) is 13.8. The molecular weight excluding hydrogens is 242 g/mol. The normalized spacial score (nSPS) is 11.2. The Morgan fingerprint density at radius 2 is 1.45 bits per heavy atom. The van der Waals surface area contributed by atoms with E-state index in [9.17, 15) is 0 Å². The fourth-order valence-electron chi connectivity index (χ4n) is 2.40. The first-order chi connectivity index (χ1) is 9.72. The molecule has 0 bridgehead atoms. The molecule has 0 heterocycles. The lowest BCUT2D eigenvalue weighted by Crippen LogP contribution is -2.20. The summed E-state index contributed by atoms with van der Waals surface area (Å²) in [5, 5.41) is 3.51. The van der Waals surface area contributed by atoms with Crippen molar-refractivity contribution in [3.05, 3.63) is 35.4 Å². The van der Waals surface area contributed by atoms with Crippen LogP contribution in [0.3, 0.4) is 0 Å². The zero-order chi connectivity index (χ0) is 14.6. The molecule has 0 aliphatic carbocycles. The third-order valence-electron chi connectivity index (χ3n) is 3.71. The number of hydrogen-bond donors (Lipinski definition) is 1. The number of benzene rings is 1. The topological polar surface area (TPSA) is 12.0 Å². The first kappa shape index (κ1) is 17.2. The van der Waals surface area contributed by atoms with Crippen LogP contribution >= 0.6 is 0 Å². The maximum atomic E-state index is 3.51. The Labute approximate surface area is 126 Å². The Balaban J connectivity index is 2.07. The van der Waals surface area contributed by atoms with Crippen LogP contribution in [-0.4, -0.2) is 13.1 Å². The molecule has 0 radical (unpaired) electrons. The first-order valence-corrected chi connectivity index (χ1v) is 8.51. The van der Waals surface area contributed by atoms with Gasteiger partial charge in [-0.1, -0.05) is 57.9 Å². The molecule has 0 atom stereocenters. The summed E-state index contributed by atoms with van der Waals surface area (Å²) in [6.45, 7) is 9.10. The van der Waals surface area contributed by atoms with Gasteiger partial charge in [-0.15, -0.1) is 0 Å². The molecule has 1 N–H and O–H groups in total. The smallest absolute Gasteiger partial charge is 0.00258 e. The number of unbranched alkanes of at least 4 members (excludes halogenated alkanes) is 3. The Hall–Kier alpha value is -0.820. The number of rotatable bonds is 11. The molecule has 0 amide bonds. The van der Waals surface area contributed by atoms with Crippen LogP contribution in [0.5, 0.6) is 0 Å². The van der Waals surface area contributed by atoms with Crippen LogP contribution in [0, 0.1) is 5.92 Å². The van der Waals surface area contributed by atoms with E-state index in [2.05, 4.69) is 50.4 Å². The Morgan fingerprint density at radius 3 is 2.00 bits per heavy atom. The monoisotopic (exact) mass is 275 g/mol. The van der Waals surface area contributed by atoms with Crippen LogP contribution in [0.2, 0.25) is 0 Å². The minimum absolute atomic E-state index is 0.765. The van der Waals surface area contributed by atoms with Gasteiger partial charge >= 0.3 is 0 Å². The van der Waals surface area contributed by atoms with E-state index in [1.807, 2.05) is 0 Å². The molecule has 1 aromatic rings.